The summed E-state index contributed by atoms with van der Waals surface area (Å²) in [5, 5.41) is 11.7. The van der Waals surface area contributed by atoms with E-state index in [0.717, 1.165) is 56.2 Å². The number of rotatable bonds is 8. The minimum absolute atomic E-state index is 0.258. The number of thiazole rings is 1. The van der Waals surface area contributed by atoms with Crippen LogP contribution in [0.25, 0.3) is 4.96 Å². The summed E-state index contributed by atoms with van der Waals surface area (Å²) >= 11 is 1.69. The Morgan fingerprint density at radius 3 is 2.89 bits per heavy atom. The molecule has 1 aromatic carbocycles. The highest BCUT2D eigenvalue weighted by molar-refractivity contribution is 7.15. The van der Waals surface area contributed by atoms with E-state index in [1.807, 2.05) is 0 Å². The van der Waals surface area contributed by atoms with Gasteiger partial charge in [-0.25, -0.2) is 4.98 Å². The highest BCUT2D eigenvalue weighted by Crippen LogP contribution is 2.21. The zero-order valence-corrected chi connectivity index (χ0v) is 17.4. The molecule has 0 radical (unpaired) electrons. The zero-order valence-electron chi connectivity index (χ0n) is 16.6. The summed E-state index contributed by atoms with van der Waals surface area (Å²) in [4.78, 5) is 10.9. The number of aromatic nitrogens is 2. The molecule has 1 saturated heterocycles. The molecule has 1 N–H and O–H groups in total. The van der Waals surface area contributed by atoms with E-state index in [1.54, 1.807) is 11.3 Å². The number of aryl methyl sites for hydroxylation is 2. The van der Waals surface area contributed by atoms with Gasteiger partial charge in [0.15, 0.2) is 4.96 Å². The van der Waals surface area contributed by atoms with E-state index in [2.05, 4.69) is 68.0 Å². The van der Waals surface area contributed by atoms with Crippen LogP contribution in [0.3, 0.4) is 0 Å². The number of benzene rings is 1. The maximum Gasteiger partial charge on any atom is 0.194 e. The highest BCUT2D eigenvalue weighted by atomic mass is 32.1. The van der Waals surface area contributed by atoms with Crippen LogP contribution >= 0.6 is 11.3 Å². The quantitative estimate of drug-likeness (QED) is 0.633. The molecule has 1 atom stereocenters. The van der Waals surface area contributed by atoms with Gasteiger partial charge >= 0.3 is 0 Å². The van der Waals surface area contributed by atoms with Crippen molar-refractivity contribution in [2.75, 3.05) is 32.8 Å². The van der Waals surface area contributed by atoms with E-state index < -0.39 is 0 Å². The van der Waals surface area contributed by atoms with E-state index in [0.29, 0.717) is 6.04 Å². The van der Waals surface area contributed by atoms with Gasteiger partial charge in [0.25, 0.3) is 0 Å². The van der Waals surface area contributed by atoms with Crippen molar-refractivity contribution in [3.05, 3.63) is 58.9 Å². The van der Waals surface area contributed by atoms with Gasteiger partial charge in [-0.15, -0.1) is 11.3 Å². The van der Waals surface area contributed by atoms with Gasteiger partial charge in [-0.05, 0) is 38.3 Å². The zero-order chi connectivity index (χ0) is 19.3. The van der Waals surface area contributed by atoms with Gasteiger partial charge in [-0.2, -0.15) is 0 Å². The molecule has 0 amide bonds. The van der Waals surface area contributed by atoms with Crippen molar-refractivity contribution in [3.63, 3.8) is 0 Å². The summed E-state index contributed by atoms with van der Waals surface area (Å²) in [6, 6.07) is 11.2. The van der Waals surface area contributed by atoms with Crippen molar-refractivity contribution in [1.82, 2.24) is 19.2 Å². The number of imidazole rings is 1. The van der Waals surface area contributed by atoms with Crippen LogP contribution in [0.1, 0.15) is 29.8 Å². The van der Waals surface area contributed by atoms with E-state index >= 15 is 0 Å². The minimum Gasteiger partial charge on any atom is -0.396 e. The summed E-state index contributed by atoms with van der Waals surface area (Å²) in [7, 11) is 0. The van der Waals surface area contributed by atoms with Gasteiger partial charge in [0.2, 0.25) is 0 Å². The third kappa shape index (κ3) is 4.46. The van der Waals surface area contributed by atoms with Crippen LogP contribution in [0.15, 0.2) is 41.9 Å². The maximum absolute atomic E-state index is 9.58. The summed E-state index contributed by atoms with van der Waals surface area (Å²) in [5.41, 5.74) is 3.85. The molecule has 3 aromatic rings. The minimum atomic E-state index is 0.258. The summed E-state index contributed by atoms with van der Waals surface area (Å²) in [6.07, 6.45) is 5.27. The lowest BCUT2D eigenvalue weighted by atomic mass is 10.1. The average Bonchev–Trinajstić information content (AvgIpc) is 3.27. The van der Waals surface area contributed by atoms with Crippen LogP contribution in [0.2, 0.25) is 0 Å². The lowest BCUT2D eigenvalue weighted by Gasteiger charge is -2.41. The molecule has 6 heteroatoms. The molecule has 1 aliphatic rings. The normalized spacial score (nSPS) is 18.9. The lowest BCUT2D eigenvalue weighted by Crippen LogP contribution is -2.53. The number of piperazine rings is 1. The molecule has 1 aliphatic heterocycles. The van der Waals surface area contributed by atoms with Crippen LogP contribution in [0.4, 0.5) is 0 Å². The molecule has 0 bridgehead atoms. The Morgan fingerprint density at radius 1 is 1.21 bits per heavy atom. The van der Waals surface area contributed by atoms with Crippen LogP contribution in [-0.4, -0.2) is 63.1 Å². The molecule has 0 aliphatic carbocycles. The largest absolute Gasteiger partial charge is 0.396 e. The van der Waals surface area contributed by atoms with Crippen LogP contribution < -0.4 is 0 Å². The molecule has 0 unspecified atom stereocenters. The second-order valence-corrected chi connectivity index (χ2v) is 8.60. The third-order valence-electron chi connectivity index (χ3n) is 5.84. The smallest absolute Gasteiger partial charge is 0.194 e. The van der Waals surface area contributed by atoms with Gasteiger partial charge in [-0.3, -0.25) is 14.2 Å². The summed E-state index contributed by atoms with van der Waals surface area (Å²) in [6.45, 7) is 7.57. The van der Waals surface area contributed by atoms with Gasteiger partial charge < -0.3 is 5.11 Å². The standard InChI is InChI=1S/C22H30N4OS/c1-18-21(26-13-15-28-22(26)23-18)17-24-11-12-25(20(16-24)9-14-27)10-5-8-19-6-3-2-4-7-19/h2-4,6-7,13,15,20,27H,5,8-12,14,16-17H2,1H3/t20-/m0/s1. The van der Waals surface area contributed by atoms with Crippen molar-refractivity contribution in [2.45, 2.75) is 38.8 Å². The maximum atomic E-state index is 9.58. The first-order valence-corrected chi connectivity index (χ1v) is 11.1. The molecule has 5 nitrogen and oxygen atoms in total. The number of nitrogens with zero attached hydrogens (tertiary/aromatic N) is 4. The first-order chi connectivity index (χ1) is 13.7. The van der Waals surface area contributed by atoms with E-state index in [-0.39, 0.29) is 6.61 Å². The van der Waals surface area contributed by atoms with Gasteiger partial charge in [0.05, 0.1) is 11.4 Å². The molecule has 4 rings (SSSR count). The van der Waals surface area contributed by atoms with Crippen molar-refractivity contribution < 1.29 is 5.11 Å². The van der Waals surface area contributed by atoms with Gasteiger partial charge in [0, 0.05) is 50.4 Å². The van der Waals surface area contributed by atoms with E-state index in [1.165, 1.54) is 17.7 Å². The first-order valence-electron chi connectivity index (χ1n) is 10.3. The average molecular weight is 399 g/mol. The Morgan fingerprint density at radius 2 is 2.07 bits per heavy atom. The van der Waals surface area contributed by atoms with Crippen LogP contribution in [-0.2, 0) is 13.0 Å². The summed E-state index contributed by atoms with van der Waals surface area (Å²) in [5.74, 6) is 0. The van der Waals surface area contributed by atoms with E-state index in [4.69, 9.17) is 0 Å². The van der Waals surface area contributed by atoms with Crippen LogP contribution in [0, 0.1) is 6.92 Å². The Bertz CT molecular complexity index is 875. The molecule has 0 saturated carbocycles. The molecular weight excluding hydrogens is 368 g/mol. The predicted octanol–water partition coefficient (Wildman–Crippen LogP) is 3.21. The Labute approximate surface area is 171 Å². The van der Waals surface area contributed by atoms with Crippen LogP contribution in [0.5, 0.6) is 0 Å². The van der Waals surface area contributed by atoms with Crippen molar-refractivity contribution in [2.24, 2.45) is 0 Å². The predicted molar refractivity (Wildman–Crippen MR) is 115 cm³/mol. The fourth-order valence-corrected chi connectivity index (χ4v) is 5.07. The van der Waals surface area contributed by atoms with Crippen molar-refractivity contribution >= 4 is 16.3 Å². The Kier molecular flexibility index (Phi) is 6.42. The first kappa shape index (κ1) is 19.6. The third-order valence-corrected chi connectivity index (χ3v) is 6.60. The van der Waals surface area contributed by atoms with Crippen molar-refractivity contribution in [1.29, 1.82) is 0 Å². The number of aliphatic hydroxyl groups is 1. The second-order valence-electron chi connectivity index (χ2n) is 7.73. The van der Waals surface area contributed by atoms with E-state index in [9.17, 15) is 5.11 Å². The molecule has 28 heavy (non-hydrogen) atoms. The summed E-state index contributed by atoms with van der Waals surface area (Å²) < 4.78 is 2.23. The highest BCUT2D eigenvalue weighted by Gasteiger charge is 2.27. The second kappa shape index (κ2) is 9.18. The lowest BCUT2D eigenvalue weighted by molar-refractivity contribution is 0.0539. The Hall–Kier alpha value is -1.73. The number of hydrogen-bond donors (Lipinski definition) is 1. The fourth-order valence-electron chi connectivity index (χ4n) is 4.29. The number of fused-ring (bicyclic) bond motifs is 1. The monoisotopic (exact) mass is 398 g/mol. The fraction of sp³-hybridized carbons (Fsp3) is 0.500. The molecule has 1 fully saturated rings. The molecule has 2 aromatic heterocycles. The molecular formula is C22H30N4OS. The number of aliphatic hydroxyl groups excluding tert-OH is 1. The molecule has 150 valence electrons. The van der Waals surface area contributed by atoms with Gasteiger partial charge in [0.1, 0.15) is 0 Å². The topological polar surface area (TPSA) is 44.0 Å². The molecule has 0 spiro atoms. The van der Waals surface area contributed by atoms with Crippen molar-refractivity contribution in [3.8, 4) is 0 Å². The number of hydrogen-bond acceptors (Lipinski definition) is 5. The molecule has 3 heterocycles. The SMILES string of the molecule is Cc1nc2sccn2c1CN1CCN(CCCc2ccccc2)[C@@H](CCO)C1. The Balaban J connectivity index is 1.34. The van der Waals surface area contributed by atoms with Gasteiger partial charge in [-0.1, -0.05) is 30.3 Å².